The van der Waals surface area contributed by atoms with Crippen LogP contribution >= 0.6 is 0 Å². The third-order valence-corrected chi connectivity index (χ3v) is 12.3. The van der Waals surface area contributed by atoms with Crippen LogP contribution < -0.4 is 10.6 Å². The van der Waals surface area contributed by atoms with Crippen molar-refractivity contribution in [3.05, 3.63) is 265 Å². The number of anilines is 4. The Labute approximate surface area is 357 Å². The van der Waals surface area contributed by atoms with E-state index in [0.717, 1.165) is 50.6 Å². The molecule has 10 aromatic carbocycles. The van der Waals surface area contributed by atoms with Crippen molar-refractivity contribution in [1.29, 1.82) is 0 Å². The van der Waals surface area contributed by atoms with E-state index in [1.165, 1.54) is 49.7 Å². The molecule has 0 amide bonds. The summed E-state index contributed by atoms with van der Waals surface area (Å²) in [6.45, 7) is 0. The van der Waals surface area contributed by atoms with E-state index in [0.29, 0.717) is 0 Å². The van der Waals surface area contributed by atoms with E-state index in [9.17, 15) is 0 Å². The van der Waals surface area contributed by atoms with Crippen LogP contribution in [0, 0.1) is 0 Å². The molecule has 2 N–H and O–H groups in total. The summed E-state index contributed by atoms with van der Waals surface area (Å²) in [6, 6.07) is 87.9. The van der Waals surface area contributed by atoms with Gasteiger partial charge in [-0.05, 0) is 103 Å². The fourth-order valence-corrected chi connectivity index (χ4v) is 9.62. The lowest BCUT2D eigenvalue weighted by molar-refractivity contribution is 0.768. The van der Waals surface area contributed by atoms with Crippen molar-refractivity contribution >= 4 is 33.5 Å². The molecular formula is C59H42N2. The molecule has 0 atom stereocenters. The quantitative estimate of drug-likeness (QED) is 0.152. The van der Waals surface area contributed by atoms with Crippen LogP contribution in [0.15, 0.2) is 243 Å². The minimum atomic E-state index is -0.503. The summed E-state index contributed by atoms with van der Waals surface area (Å²) in [6.07, 6.45) is 0. The van der Waals surface area contributed by atoms with Crippen LogP contribution in [-0.4, -0.2) is 0 Å². The van der Waals surface area contributed by atoms with E-state index >= 15 is 0 Å². The maximum absolute atomic E-state index is 3.96. The number of hydrogen-bond acceptors (Lipinski definition) is 2. The van der Waals surface area contributed by atoms with Gasteiger partial charge in [-0.15, -0.1) is 0 Å². The molecule has 0 aliphatic heterocycles. The van der Waals surface area contributed by atoms with Gasteiger partial charge in [0.2, 0.25) is 0 Å². The smallest absolute Gasteiger partial charge is 0.0713 e. The van der Waals surface area contributed by atoms with Crippen LogP contribution in [0.4, 0.5) is 22.7 Å². The molecule has 288 valence electrons. The van der Waals surface area contributed by atoms with Crippen LogP contribution in [0.5, 0.6) is 0 Å². The first kappa shape index (κ1) is 36.2. The number of fused-ring (bicyclic) bond motifs is 4. The number of benzene rings is 10. The highest BCUT2D eigenvalue weighted by Gasteiger charge is 2.46. The predicted octanol–water partition coefficient (Wildman–Crippen LogP) is 15.7. The molecule has 10 aromatic rings. The zero-order valence-corrected chi connectivity index (χ0v) is 33.6. The molecule has 0 unspecified atom stereocenters. The highest BCUT2D eigenvalue weighted by Crippen LogP contribution is 2.59. The maximum Gasteiger partial charge on any atom is 0.0713 e. The Bertz CT molecular complexity index is 3130. The first-order chi connectivity index (χ1) is 30.3. The van der Waals surface area contributed by atoms with E-state index in [1.807, 2.05) is 6.07 Å². The summed E-state index contributed by atoms with van der Waals surface area (Å²) in [7, 11) is 0. The Kier molecular flexibility index (Phi) is 9.09. The summed E-state index contributed by atoms with van der Waals surface area (Å²) in [5, 5.41) is 10.0. The van der Waals surface area contributed by atoms with E-state index in [4.69, 9.17) is 0 Å². The molecule has 2 nitrogen and oxygen atoms in total. The number of nitrogens with one attached hydrogen (secondary N) is 2. The SMILES string of the molecule is c1ccc(Nc2ccc(-c3ccc(Nc4cccc5ccccc45)c(-c4cccc5c4-c4ccccc4C5(c4ccccc4)c4ccccc4)c3)cc2-c2ccccc2)cc1. The van der Waals surface area contributed by atoms with E-state index in [2.05, 4.69) is 247 Å². The second-order valence-corrected chi connectivity index (χ2v) is 15.8. The van der Waals surface area contributed by atoms with Crippen molar-refractivity contribution in [3.63, 3.8) is 0 Å². The maximum atomic E-state index is 3.96. The van der Waals surface area contributed by atoms with E-state index in [-0.39, 0.29) is 0 Å². The van der Waals surface area contributed by atoms with Crippen molar-refractivity contribution in [2.24, 2.45) is 0 Å². The van der Waals surface area contributed by atoms with Gasteiger partial charge in [-0.1, -0.05) is 200 Å². The molecule has 0 radical (unpaired) electrons. The summed E-state index contributed by atoms with van der Waals surface area (Å²) in [5.41, 5.74) is 18.3. The topological polar surface area (TPSA) is 24.1 Å². The predicted molar refractivity (Wildman–Crippen MR) is 257 cm³/mol. The van der Waals surface area contributed by atoms with Gasteiger partial charge >= 0.3 is 0 Å². The van der Waals surface area contributed by atoms with Crippen LogP contribution in [0.1, 0.15) is 22.3 Å². The second kappa shape index (κ2) is 15.3. The van der Waals surface area contributed by atoms with Crippen LogP contribution in [0.2, 0.25) is 0 Å². The Hall–Kier alpha value is -7.94. The molecule has 0 fully saturated rings. The Morgan fingerprint density at radius 1 is 0.295 bits per heavy atom. The lowest BCUT2D eigenvalue weighted by atomic mass is 9.67. The van der Waals surface area contributed by atoms with Crippen molar-refractivity contribution in [2.75, 3.05) is 10.6 Å². The molecule has 1 aliphatic rings. The van der Waals surface area contributed by atoms with E-state index in [1.54, 1.807) is 0 Å². The zero-order chi connectivity index (χ0) is 40.6. The Balaban J connectivity index is 1.15. The lowest BCUT2D eigenvalue weighted by Gasteiger charge is -2.34. The lowest BCUT2D eigenvalue weighted by Crippen LogP contribution is -2.28. The fourth-order valence-electron chi connectivity index (χ4n) is 9.62. The van der Waals surface area contributed by atoms with Gasteiger partial charge in [0.15, 0.2) is 0 Å². The molecule has 0 heterocycles. The van der Waals surface area contributed by atoms with Crippen molar-refractivity contribution in [2.45, 2.75) is 5.41 Å². The molecule has 0 aromatic heterocycles. The monoisotopic (exact) mass is 778 g/mol. The van der Waals surface area contributed by atoms with Gasteiger partial charge in [0.1, 0.15) is 0 Å². The average molecular weight is 779 g/mol. The summed E-state index contributed by atoms with van der Waals surface area (Å²) < 4.78 is 0. The molecule has 0 bridgehead atoms. The molecule has 1 aliphatic carbocycles. The molecule has 0 saturated heterocycles. The summed E-state index contributed by atoms with van der Waals surface area (Å²) >= 11 is 0. The van der Waals surface area contributed by atoms with Gasteiger partial charge in [-0.2, -0.15) is 0 Å². The van der Waals surface area contributed by atoms with Crippen molar-refractivity contribution < 1.29 is 0 Å². The normalized spacial score (nSPS) is 12.4. The van der Waals surface area contributed by atoms with Crippen molar-refractivity contribution in [3.8, 4) is 44.5 Å². The molecular weight excluding hydrogens is 737 g/mol. The summed E-state index contributed by atoms with van der Waals surface area (Å²) in [4.78, 5) is 0. The largest absolute Gasteiger partial charge is 0.355 e. The van der Waals surface area contributed by atoms with Gasteiger partial charge in [0, 0.05) is 39.3 Å². The number of rotatable bonds is 9. The minimum Gasteiger partial charge on any atom is -0.355 e. The number of hydrogen-bond donors (Lipinski definition) is 2. The number of para-hydroxylation sites is 1. The zero-order valence-electron chi connectivity index (χ0n) is 33.6. The molecule has 2 heteroatoms. The molecule has 11 rings (SSSR count). The average Bonchev–Trinajstić information content (AvgIpc) is 3.64. The first-order valence-electron chi connectivity index (χ1n) is 21.0. The Morgan fingerprint density at radius 2 is 0.820 bits per heavy atom. The highest BCUT2D eigenvalue weighted by molar-refractivity contribution is 6.02. The second-order valence-electron chi connectivity index (χ2n) is 15.8. The van der Waals surface area contributed by atoms with Gasteiger partial charge < -0.3 is 10.6 Å². The summed E-state index contributed by atoms with van der Waals surface area (Å²) in [5.74, 6) is 0. The van der Waals surface area contributed by atoms with Crippen LogP contribution in [0.25, 0.3) is 55.3 Å². The standard InChI is InChI=1S/C59H42N2/c1-5-19-42(20-6-1)51-39-43(35-37-56(51)60-47-27-11-4-12-28-47)44-36-38-57(61-55-34-17-22-41-21-13-14-29-48(41)55)52(40-44)49-31-18-33-54-58(49)50-30-15-16-32-53(50)59(54,45-23-7-2-8-24-45)46-25-9-3-10-26-46/h1-40,60-61H. The van der Waals surface area contributed by atoms with E-state index < -0.39 is 5.41 Å². The molecule has 0 spiro atoms. The molecule has 61 heavy (non-hydrogen) atoms. The van der Waals surface area contributed by atoms with Gasteiger partial charge in [-0.3, -0.25) is 0 Å². The van der Waals surface area contributed by atoms with Gasteiger partial charge in [0.25, 0.3) is 0 Å². The third kappa shape index (κ3) is 6.29. The fraction of sp³-hybridized carbons (Fsp3) is 0.0169. The van der Waals surface area contributed by atoms with Crippen molar-refractivity contribution in [1.82, 2.24) is 0 Å². The highest BCUT2D eigenvalue weighted by atomic mass is 14.9. The third-order valence-electron chi connectivity index (χ3n) is 12.3. The minimum absolute atomic E-state index is 0.503. The molecule has 0 saturated carbocycles. The van der Waals surface area contributed by atoms with Crippen LogP contribution in [0.3, 0.4) is 0 Å². The van der Waals surface area contributed by atoms with Gasteiger partial charge in [0.05, 0.1) is 5.41 Å². The van der Waals surface area contributed by atoms with Crippen LogP contribution in [-0.2, 0) is 5.41 Å². The Morgan fingerprint density at radius 3 is 1.54 bits per heavy atom. The first-order valence-corrected chi connectivity index (χ1v) is 21.0. The van der Waals surface area contributed by atoms with Gasteiger partial charge in [-0.25, -0.2) is 0 Å².